The van der Waals surface area contributed by atoms with Gasteiger partial charge in [0.25, 0.3) is 11.8 Å². The number of amides is 2. The number of hydrogen-bond acceptors (Lipinski definition) is 4. The van der Waals surface area contributed by atoms with E-state index >= 15 is 0 Å². The molecule has 0 spiro atoms. The third kappa shape index (κ3) is 4.18. The van der Waals surface area contributed by atoms with Crippen LogP contribution in [-0.4, -0.2) is 31.5 Å². The molecule has 2 N–H and O–H groups in total. The molecule has 1 fully saturated rings. The number of halogens is 1. The van der Waals surface area contributed by atoms with Gasteiger partial charge in [0.15, 0.2) is 6.61 Å². The highest BCUT2D eigenvalue weighted by atomic mass is 19.1. The second-order valence-electron chi connectivity index (χ2n) is 7.57. The highest BCUT2D eigenvalue weighted by molar-refractivity contribution is 6.06. The van der Waals surface area contributed by atoms with Gasteiger partial charge in [0.05, 0.1) is 11.4 Å². The quantitative estimate of drug-likeness (QED) is 0.812. The predicted octanol–water partition coefficient (Wildman–Crippen LogP) is 4.18. The van der Waals surface area contributed by atoms with Gasteiger partial charge in [-0.05, 0) is 49.2 Å². The van der Waals surface area contributed by atoms with Crippen LogP contribution in [0.15, 0.2) is 36.4 Å². The molecule has 0 saturated heterocycles. The Labute approximate surface area is 169 Å². The number of hydrogen-bond donors (Lipinski definition) is 2. The lowest BCUT2D eigenvalue weighted by atomic mass is 9.94. The average Bonchev–Trinajstić information content (AvgIpc) is 2.73. The maximum absolute atomic E-state index is 14.7. The first-order valence-corrected chi connectivity index (χ1v) is 9.92. The van der Waals surface area contributed by atoms with E-state index in [1.165, 1.54) is 25.3 Å². The second-order valence-corrected chi connectivity index (χ2v) is 7.57. The van der Waals surface area contributed by atoms with Crippen LogP contribution in [0.1, 0.15) is 42.5 Å². The summed E-state index contributed by atoms with van der Waals surface area (Å²) in [6.07, 6.45) is 5.75. The molecule has 152 valence electrons. The first kappa shape index (κ1) is 19.2. The van der Waals surface area contributed by atoms with Crippen molar-refractivity contribution in [3.05, 3.63) is 47.8 Å². The molecule has 1 saturated carbocycles. The fourth-order valence-corrected chi connectivity index (χ4v) is 3.96. The van der Waals surface area contributed by atoms with E-state index in [1.807, 2.05) is 11.9 Å². The molecule has 1 aliphatic heterocycles. The fraction of sp³-hybridized carbons (Fsp3) is 0.364. The molecule has 2 amide bonds. The molecule has 2 aromatic carbocycles. The van der Waals surface area contributed by atoms with Crippen molar-refractivity contribution in [3.63, 3.8) is 0 Å². The summed E-state index contributed by atoms with van der Waals surface area (Å²) in [5, 5.41) is 5.38. The summed E-state index contributed by atoms with van der Waals surface area (Å²) >= 11 is 0. The zero-order valence-corrected chi connectivity index (χ0v) is 16.3. The van der Waals surface area contributed by atoms with Gasteiger partial charge in [0.2, 0.25) is 0 Å². The Morgan fingerprint density at radius 1 is 1.17 bits per heavy atom. The van der Waals surface area contributed by atoms with Gasteiger partial charge in [-0.3, -0.25) is 9.59 Å². The standard InChI is InChI=1S/C22H24FN3O3/c1-26(16-5-3-2-4-6-16)19-9-8-15(12-17(19)23)24-22(28)14-7-10-20-18(11-14)25-21(27)13-29-20/h7-12,16H,2-6,13H2,1H3,(H,24,28)(H,25,27). The number of fused-ring (bicyclic) bond motifs is 1. The number of rotatable bonds is 4. The molecule has 0 aromatic heterocycles. The van der Waals surface area contributed by atoms with Crippen LogP contribution >= 0.6 is 0 Å². The van der Waals surface area contributed by atoms with Crippen molar-refractivity contribution < 1.29 is 18.7 Å². The summed E-state index contributed by atoms with van der Waals surface area (Å²) in [5.41, 5.74) is 1.72. The van der Waals surface area contributed by atoms with Crippen LogP contribution in [0.4, 0.5) is 21.5 Å². The number of carbonyl (C=O) groups excluding carboxylic acids is 2. The van der Waals surface area contributed by atoms with E-state index < -0.39 is 0 Å². The van der Waals surface area contributed by atoms with Gasteiger partial charge < -0.3 is 20.3 Å². The van der Waals surface area contributed by atoms with Crippen LogP contribution in [0, 0.1) is 5.82 Å². The Bertz CT molecular complexity index is 941. The Hall–Kier alpha value is -3.09. The molecule has 0 radical (unpaired) electrons. The SMILES string of the molecule is CN(c1ccc(NC(=O)c2ccc3c(c2)NC(=O)CO3)cc1F)C1CCCCC1. The monoisotopic (exact) mass is 397 g/mol. The average molecular weight is 397 g/mol. The minimum Gasteiger partial charge on any atom is -0.482 e. The molecule has 4 rings (SSSR count). The van der Waals surface area contributed by atoms with Crippen molar-refractivity contribution in [2.45, 2.75) is 38.1 Å². The molecule has 0 atom stereocenters. The molecule has 2 aromatic rings. The number of ether oxygens (including phenoxy) is 1. The number of carbonyl (C=O) groups is 2. The Balaban J connectivity index is 1.47. The highest BCUT2D eigenvalue weighted by Gasteiger charge is 2.21. The van der Waals surface area contributed by atoms with Crippen LogP contribution < -0.4 is 20.3 Å². The minimum atomic E-state index is -0.389. The minimum absolute atomic E-state index is 0.0422. The molecule has 29 heavy (non-hydrogen) atoms. The number of nitrogens with zero attached hydrogens (tertiary/aromatic N) is 1. The lowest BCUT2D eigenvalue weighted by Crippen LogP contribution is -2.33. The van der Waals surface area contributed by atoms with Gasteiger partial charge in [-0.15, -0.1) is 0 Å². The lowest BCUT2D eigenvalue weighted by molar-refractivity contribution is -0.118. The summed E-state index contributed by atoms with van der Waals surface area (Å²) in [6.45, 7) is -0.0422. The van der Waals surface area contributed by atoms with Crippen molar-refractivity contribution >= 4 is 28.9 Å². The first-order chi connectivity index (χ1) is 14.0. The fourth-order valence-electron chi connectivity index (χ4n) is 3.96. The van der Waals surface area contributed by atoms with Crippen molar-refractivity contribution in [1.82, 2.24) is 0 Å². The lowest BCUT2D eigenvalue weighted by Gasteiger charge is -2.33. The number of anilines is 3. The predicted molar refractivity (Wildman–Crippen MR) is 110 cm³/mol. The largest absolute Gasteiger partial charge is 0.482 e. The first-order valence-electron chi connectivity index (χ1n) is 9.92. The highest BCUT2D eigenvalue weighted by Crippen LogP contribution is 2.31. The molecule has 0 bridgehead atoms. The maximum atomic E-state index is 14.7. The Morgan fingerprint density at radius 2 is 1.97 bits per heavy atom. The van der Waals surface area contributed by atoms with Gasteiger partial charge in [-0.25, -0.2) is 4.39 Å². The van der Waals surface area contributed by atoms with Crippen LogP contribution in [0.3, 0.4) is 0 Å². The number of benzene rings is 2. The molecular formula is C22H24FN3O3. The second kappa shape index (κ2) is 8.11. The van der Waals surface area contributed by atoms with Crippen LogP contribution in [-0.2, 0) is 4.79 Å². The van der Waals surface area contributed by atoms with E-state index in [4.69, 9.17) is 4.74 Å². The summed E-state index contributed by atoms with van der Waals surface area (Å²) in [5.74, 6) is -0.500. The van der Waals surface area contributed by atoms with Crippen molar-refractivity contribution in [2.24, 2.45) is 0 Å². The van der Waals surface area contributed by atoms with Crippen LogP contribution in [0.2, 0.25) is 0 Å². The van der Waals surface area contributed by atoms with E-state index in [9.17, 15) is 14.0 Å². The third-order valence-electron chi connectivity index (χ3n) is 5.58. The van der Waals surface area contributed by atoms with E-state index in [-0.39, 0.29) is 24.2 Å². The third-order valence-corrected chi connectivity index (χ3v) is 5.58. The molecule has 1 aliphatic carbocycles. The Morgan fingerprint density at radius 3 is 2.72 bits per heavy atom. The molecular weight excluding hydrogens is 373 g/mol. The molecule has 6 nitrogen and oxygen atoms in total. The topological polar surface area (TPSA) is 70.7 Å². The normalized spacial score (nSPS) is 16.4. The summed E-state index contributed by atoms with van der Waals surface area (Å²) in [6, 6.07) is 9.89. The van der Waals surface area contributed by atoms with Crippen LogP contribution in [0.5, 0.6) is 5.75 Å². The van der Waals surface area contributed by atoms with Crippen molar-refractivity contribution in [1.29, 1.82) is 0 Å². The maximum Gasteiger partial charge on any atom is 0.262 e. The summed E-state index contributed by atoms with van der Waals surface area (Å²) in [7, 11) is 1.93. The van der Waals surface area contributed by atoms with E-state index in [0.29, 0.717) is 34.4 Å². The number of nitrogens with one attached hydrogen (secondary N) is 2. The summed E-state index contributed by atoms with van der Waals surface area (Å²) in [4.78, 5) is 26.0. The van der Waals surface area contributed by atoms with Gasteiger partial charge in [0.1, 0.15) is 11.6 Å². The molecule has 0 unspecified atom stereocenters. The van der Waals surface area contributed by atoms with Crippen LogP contribution in [0.25, 0.3) is 0 Å². The zero-order chi connectivity index (χ0) is 20.4. The van der Waals surface area contributed by atoms with Crippen molar-refractivity contribution in [2.75, 3.05) is 29.2 Å². The Kier molecular flexibility index (Phi) is 5.38. The molecule has 1 heterocycles. The van der Waals surface area contributed by atoms with Gasteiger partial charge in [-0.1, -0.05) is 19.3 Å². The van der Waals surface area contributed by atoms with E-state index in [0.717, 1.165) is 12.8 Å². The van der Waals surface area contributed by atoms with Crippen molar-refractivity contribution in [3.8, 4) is 5.75 Å². The smallest absolute Gasteiger partial charge is 0.262 e. The van der Waals surface area contributed by atoms with E-state index in [2.05, 4.69) is 10.6 Å². The van der Waals surface area contributed by atoms with Gasteiger partial charge in [-0.2, -0.15) is 0 Å². The summed E-state index contributed by atoms with van der Waals surface area (Å²) < 4.78 is 20.0. The zero-order valence-electron chi connectivity index (χ0n) is 16.3. The van der Waals surface area contributed by atoms with E-state index in [1.54, 1.807) is 30.3 Å². The van der Waals surface area contributed by atoms with Gasteiger partial charge >= 0.3 is 0 Å². The molecule has 7 heteroatoms. The van der Waals surface area contributed by atoms with Gasteiger partial charge in [0, 0.05) is 24.3 Å². The molecule has 2 aliphatic rings.